The van der Waals surface area contributed by atoms with Gasteiger partial charge in [0.05, 0.1) is 47.8 Å². The van der Waals surface area contributed by atoms with Crippen LogP contribution >= 0.6 is 0 Å². The van der Waals surface area contributed by atoms with E-state index in [1.807, 2.05) is 0 Å². The second-order valence-electron chi connectivity index (χ2n) is 14.1. The summed E-state index contributed by atoms with van der Waals surface area (Å²) in [5.41, 5.74) is 5.16. The minimum atomic E-state index is -0.0764. The molecular formula is C36H52O4. The summed E-state index contributed by atoms with van der Waals surface area (Å²) in [7, 11) is 0. The molecule has 2 aromatic rings. The molecule has 0 radical (unpaired) electrons. The van der Waals surface area contributed by atoms with Crippen LogP contribution in [0.2, 0.25) is 0 Å². The van der Waals surface area contributed by atoms with Crippen LogP contribution in [0.25, 0.3) is 0 Å². The summed E-state index contributed by atoms with van der Waals surface area (Å²) in [4.78, 5) is 0. The van der Waals surface area contributed by atoms with Gasteiger partial charge in [-0.2, -0.15) is 0 Å². The normalized spacial score (nSPS) is 36.0. The zero-order valence-corrected chi connectivity index (χ0v) is 26.2. The van der Waals surface area contributed by atoms with Crippen molar-refractivity contribution in [3.63, 3.8) is 0 Å². The molecule has 0 amide bonds. The fraction of sp³-hybridized carbons (Fsp3) is 0.667. The van der Waals surface area contributed by atoms with Gasteiger partial charge < -0.3 is 18.9 Å². The van der Waals surface area contributed by atoms with Crippen molar-refractivity contribution >= 4 is 0 Å². The molecule has 220 valence electrons. The second-order valence-corrected chi connectivity index (χ2v) is 14.1. The van der Waals surface area contributed by atoms with Crippen LogP contribution in [0.15, 0.2) is 48.5 Å². The Hall–Kier alpha value is -1.72. The lowest BCUT2D eigenvalue weighted by molar-refractivity contribution is -0.0961. The number of ether oxygens (including phenoxy) is 4. The monoisotopic (exact) mass is 548 g/mol. The lowest BCUT2D eigenvalue weighted by Crippen LogP contribution is -2.38. The Kier molecular flexibility index (Phi) is 8.31. The molecule has 4 aliphatic heterocycles. The molecule has 6 rings (SSSR count). The Balaban J connectivity index is 0.000000161. The summed E-state index contributed by atoms with van der Waals surface area (Å²) in [5, 5.41) is 0. The fourth-order valence-electron chi connectivity index (χ4n) is 7.53. The van der Waals surface area contributed by atoms with Gasteiger partial charge in [-0.05, 0) is 87.5 Å². The third-order valence-corrected chi connectivity index (χ3v) is 10.9. The first kappa shape index (κ1) is 29.8. The van der Waals surface area contributed by atoms with E-state index in [9.17, 15) is 0 Å². The molecule has 4 nitrogen and oxygen atoms in total. The van der Waals surface area contributed by atoms with Crippen LogP contribution in [0.4, 0.5) is 0 Å². The molecular weight excluding hydrogens is 496 g/mol. The van der Waals surface area contributed by atoms with E-state index >= 15 is 0 Å². The van der Waals surface area contributed by atoms with Gasteiger partial charge in [-0.1, -0.05) is 76.2 Å². The maximum atomic E-state index is 6.42. The first-order valence-electron chi connectivity index (χ1n) is 15.6. The summed E-state index contributed by atoms with van der Waals surface area (Å²) >= 11 is 0. The average Bonchev–Trinajstić information content (AvgIpc) is 3.62. The maximum absolute atomic E-state index is 6.42. The van der Waals surface area contributed by atoms with Crippen molar-refractivity contribution in [2.24, 2.45) is 11.8 Å². The third-order valence-electron chi connectivity index (χ3n) is 10.9. The van der Waals surface area contributed by atoms with Gasteiger partial charge >= 0.3 is 0 Å². The molecule has 3 unspecified atom stereocenters. The predicted molar refractivity (Wildman–Crippen MR) is 161 cm³/mol. The Morgan fingerprint density at radius 2 is 1.02 bits per heavy atom. The molecule has 0 spiro atoms. The zero-order chi connectivity index (χ0) is 28.8. The quantitative estimate of drug-likeness (QED) is 0.331. The minimum Gasteiger partial charge on any atom is -0.370 e. The minimum absolute atomic E-state index is 0.0607. The summed E-state index contributed by atoms with van der Waals surface area (Å²) in [6.07, 6.45) is 7.20. The van der Waals surface area contributed by atoms with E-state index in [-0.39, 0.29) is 34.6 Å². The molecule has 4 fully saturated rings. The van der Waals surface area contributed by atoms with Crippen LogP contribution in [-0.4, -0.2) is 34.6 Å². The van der Waals surface area contributed by atoms with Gasteiger partial charge in [0.15, 0.2) is 0 Å². The molecule has 0 aliphatic carbocycles. The van der Waals surface area contributed by atoms with E-state index < -0.39 is 0 Å². The van der Waals surface area contributed by atoms with Crippen molar-refractivity contribution in [3.8, 4) is 0 Å². The standard InChI is InChI=1S/2C18H26O2/c2*1-13(2)18-10-9-17(4,20-18)16(11-18)19-12-15-8-6-5-7-14(15)3/h2*5-8,13,16H,9-12H2,1-4H3/t16-,17+,18-;/m0./s1. The number of benzene rings is 2. The highest BCUT2D eigenvalue weighted by Crippen LogP contribution is 2.56. The Morgan fingerprint density at radius 3 is 1.35 bits per heavy atom. The van der Waals surface area contributed by atoms with Gasteiger partial charge in [-0.25, -0.2) is 0 Å². The molecule has 6 atom stereocenters. The number of rotatable bonds is 8. The fourth-order valence-corrected chi connectivity index (χ4v) is 7.53. The largest absolute Gasteiger partial charge is 0.370 e. The van der Waals surface area contributed by atoms with Crippen molar-refractivity contribution in [1.29, 1.82) is 0 Å². The van der Waals surface area contributed by atoms with E-state index in [2.05, 4.69) is 104 Å². The SMILES string of the molecule is Cc1ccccc1COC1CC2(C(C)C)CCC1(C)O2.Cc1ccccc1CO[C@H]1C[C@]2(C(C)C)CC[C@@]1(C)O2. The molecule has 4 bridgehead atoms. The van der Waals surface area contributed by atoms with E-state index in [1.54, 1.807) is 0 Å². The van der Waals surface area contributed by atoms with E-state index in [1.165, 1.54) is 35.1 Å². The first-order chi connectivity index (χ1) is 18.9. The highest BCUT2D eigenvalue weighted by Gasteiger charge is 2.61. The zero-order valence-electron chi connectivity index (χ0n) is 26.2. The highest BCUT2D eigenvalue weighted by molar-refractivity contribution is 5.26. The predicted octanol–water partition coefficient (Wildman–Crippen LogP) is 8.50. The van der Waals surface area contributed by atoms with E-state index in [0.717, 1.165) is 25.7 Å². The second kappa shape index (κ2) is 11.2. The van der Waals surface area contributed by atoms with Crippen molar-refractivity contribution < 1.29 is 18.9 Å². The molecule has 4 saturated heterocycles. The Bertz CT molecular complexity index is 1080. The van der Waals surface area contributed by atoms with Crippen molar-refractivity contribution in [1.82, 2.24) is 0 Å². The Labute approximate surface area is 243 Å². The van der Waals surface area contributed by atoms with Gasteiger partial charge in [-0.15, -0.1) is 0 Å². The van der Waals surface area contributed by atoms with Crippen LogP contribution in [0.3, 0.4) is 0 Å². The number of aryl methyl sites for hydroxylation is 2. The van der Waals surface area contributed by atoms with Crippen LogP contribution in [0.5, 0.6) is 0 Å². The molecule has 2 aromatic carbocycles. The number of fused-ring (bicyclic) bond motifs is 4. The molecule has 4 heteroatoms. The van der Waals surface area contributed by atoms with Crippen molar-refractivity contribution in [2.45, 2.75) is 142 Å². The van der Waals surface area contributed by atoms with Gasteiger partial charge in [0, 0.05) is 12.8 Å². The van der Waals surface area contributed by atoms with Crippen LogP contribution in [0, 0.1) is 25.7 Å². The van der Waals surface area contributed by atoms with E-state index in [4.69, 9.17) is 18.9 Å². The topological polar surface area (TPSA) is 36.9 Å². The van der Waals surface area contributed by atoms with Crippen molar-refractivity contribution in [3.05, 3.63) is 70.8 Å². The molecule has 40 heavy (non-hydrogen) atoms. The maximum Gasteiger partial charge on any atom is 0.0924 e. The molecule has 0 saturated carbocycles. The first-order valence-corrected chi connectivity index (χ1v) is 15.6. The van der Waals surface area contributed by atoms with E-state index in [0.29, 0.717) is 25.0 Å². The summed E-state index contributed by atoms with van der Waals surface area (Å²) in [6.45, 7) is 19.2. The summed E-state index contributed by atoms with van der Waals surface area (Å²) in [6, 6.07) is 16.9. The number of hydrogen-bond acceptors (Lipinski definition) is 4. The van der Waals surface area contributed by atoms with Crippen LogP contribution < -0.4 is 0 Å². The molecule has 4 aliphatic rings. The Morgan fingerprint density at radius 1 is 0.650 bits per heavy atom. The number of hydrogen-bond donors (Lipinski definition) is 0. The lowest BCUT2D eigenvalue weighted by atomic mass is 9.75. The van der Waals surface area contributed by atoms with Gasteiger partial charge in [-0.3, -0.25) is 0 Å². The third kappa shape index (κ3) is 5.54. The smallest absolute Gasteiger partial charge is 0.0924 e. The van der Waals surface area contributed by atoms with Crippen molar-refractivity contribution in [2.75, 3.05) is 0 Å². The van der Waals surface area contributed by atoms with Gasteiger partial charge in [0.25, 0.3) is 0 Å². The molecule has 0 N–H and O–H groups in total. The molecule has 4 heterocycles. The lowest BCUT2D eigenvalue weighted by Gasteiger charge is -2.31. The summed E-state index contributed by atoms with van der Waals surface area (Å²) < 4.78 is 25.3. The highest BCUT2D eigenvalue weighted by atomic mass is 16.6. The van der Waals surface area contributed by atoms with Gasteiger partial charge in [0.2, 0.25) is 0 Å². The molecule has 0 aromatic heterocycles. The average molecular weight is 549 g/mol. The summed E-state index contributed by atoms with van der Waals surface area (Å²) in [5.74, 6) is 1.13. The van der Waals surface area contributed by atoms with Crippen LogP contribution in [-0.2, 0) is 32.2 Å². The van der Waals surface area contributed by atoms with Crippen LogP contribution in [0.1, 0.15) is 102 Å². The van der Waals surface area contributed by atoms with Gasteiger partial charge in [0.1, 0.15) is 0 Å².